The van der Waals surface area contributed by atoms with E-state index < -0.39 is 10.2 Å². The monoisotopic (exact) mass is 343 g/mol. The maximum atomic E-state index is 11.9. The van der Waals surface area contributed by atoms with Gasteiger partial charge in [-0.05, 0) is 18.2 Å². The van der Waals surface area contributed by atoms with Crippen LogP contribution in [0.25, 0.3) is 0 Å². The van der Waals surface area contributed by atoms with Gasteiger partial charge in [-0.2, -0.15) is 4.57 Å². The second-order valence-electron chi connectivity index (χ2n) is 4.57. The molecule has 2 aromatic rings. The van der Waals surface area contributed by atoms with Crippen LogP contribution < -0.4 is 23.2 Å². The van der Waals surface area contributed by atoms with Gasteiger partial charge in [-0.3, -0.25) is 4.79 Å². The van der Waals surface area contributed by atoms with Crippen molar-refractivity contribution >= 4 is 17.4 Å². The molecule has 0 radical (unpaired) electrons. The van der Waals surface area contributed by atoms with Crippen LogP contribution in [-0.2, 0) is 0 Å². The first-order valence-electron chi connectivity index (χ1n) is 6.16. The molecule has 1 aliphatic rings. The maximum absolute atomic E-state index is 11.9. The summed E-state index contributed by atoms with van der Waals surface area (Å²) in [6.07, 6.45) is 2.49. The lowest BCUT2D eigenvalue weighted by Gasteiger charge is -2.17. The molecule has 0 aliphatic carbocycles. The number of pyridine rings is 1. The minimum absolute atomic E-state index is 0.107. The van der Waals surface area contributed by atoms with Gasteiger partial charge in [-0.25, -0.2) is 18.6 Å². The number of nitrogens with zero attached hydrogens (tertiary/aromatic N) is 1. The summed E-state index contributed by atoms with van der Waals surface area (Å²) in [4.78, 5) is 11.9. The van der Waals surface area contributed by atoms with Gasteiger partial charge >= 0.3 is 0 Å². The summed E-state index contributed by atoms with van der Waals surface area (Å²) < 4.78 is 36.0. The summed E-state index contributed by atoms with van der Waals surface area (Å²) in [6, 6.07) is 13.5. The Morgan fingerprint density at radius 2 is 1.64 bits per heavy atom. The summed E-state index contributed by atoms with van der Waals surface area (Å²) in [7, 11) is -4.94. The van der Waals surface area contributed by atoms with Crippen LogP contribution in [0.4, 0.5) is 0 Å². The van der Waals surface area contributed by atoms with E-state index in [1.54, 1.807) is 0 Å². The largest absolute Gasteiger partial charge is 0.287 e. The fourth-order valence-corrected chi connectivity index (χ4v) is 2.43. The number of hydrogen-bond acceptors (Lipinski definition) is 5. The van der Waals surface area contributed by atoms with E-state index in [1.807, 2.05) is 53.2 Å². The fourth-order valence-electron chi connectivity index (χ4n) is 2.31. The molecule has 0 saturated carbocycles. The molecule has 1 aliphatic heterocycles. The number of rotatable bonds is 1. The Morgan fingerprint density at radius 3 is 2.23 bits per heavy atom. The number of ketones is 1. The number of aromatic nitrogens is 1. The summed E-state index contributed by atoms with van der Waals surface area (Å²) in [5, 5.41) is 0.719. The molecule has 0 N–H and O–H groups in total. The molecule has 0 amide bonds. The minimum Gasteiger partial charge on any atom is -0.287 e. The van der Waals surface area contributed by atoms with E-state index in [-0.39, 0.29) is 11.8 Å². The summed E-state index contributed by atoms with van der Waals surface area (Å²) >= 11 is 5.87. The molecule has 3 rings (SSSR count). The smallest absolute Gasteiger partial charge is 0.249 e. The van der Waals surface area contributed by atoms with Gasteiger partial charge in [0.2, 0.25) is 11.5 Å². The summed E-state index contributed by atoms with van der Waals surface area (Å²) in [5.41, 5.74) is 1.91. The minimum atomic E-state index is -4.94. The van der Waals surface area contributed by atoms with Gasteiger partial charge in [-0.15, -0.1) is 10.2 Å². The lowest BCUT2D eigenvalue weighted by Crippen LogP contribution is -2.68. The summed E-state index contributed by atoms with van der Waals surface area (Å²) in [5.74, 6) is 0.200. The van der Waals surface area contributed by atoms with Gasteiger partial charge in [0, 0.05) is 22.7 Å². The van der Waals surface area contributed by atoms with Crippen LogP contribution >= 0.6 is 11.6 Å². The van der Waals surface area contributed by atoms with Crippen LogP contribution in [0.2, 0.25) is 5.02 Å². The molecule has 1 unspecified atom stereocenters. The highest BCUT2D eigenvalue weighted by Crippen LogP contribution is 2.25. The first-order valence-corrected chi connectivity index (χ1v) is 7.77. The molecule has 6 nitrogen and oxygen atoms in total. The van der Waals surface area contributed by atoms with Gasteiger partial charge in [0.25, 0.3) is 0 Å². The Hall–Kier alpha value is -1.54. The van der Waals surface area contributed by atoms with E-state index in [4.69, 9.17) is 30.2 Å². The first kappa shape index (κ1) is 16.8. The maximum Gasteiger partial charge on any atom is 0.249 e. The van der Waals surface area contributed by atoms with Crippen molar-refractivity contribution in [3.63, 3.8) is 0 Å². The van der Waals surface area contributed by atoms with Gasteiger partial charge in [0.15, 0.2) is 12.2 Å². The fraction of sp³-hybridized carbons (Fsp3) is 0.143. The number of Topliss-reactive ketones (excluding diaryl/α,β-unsaturated/α-hetero) is 1. The standard InChI is InChI=1S/C14H11ClNO.ClHO4/c15-11-6-4-10(5-7-11)13-9-14(17)12-3-1-2-8-16(12)13;2-1(3,4)5/h1-8,13H,9H2;(H,2,3,4,5)/q+1;/p-1. The quantitative estimate of drug-likeness (QED) is 0.558. The Morgan fingerprint density at radius 1 is 1.05 bits per heavy atom. The Kier molecular flexibility index (Phi) is 5.12. The van der Waals surface area contributed by atoms with Gasteiger partial charge in [0.05, 0.1) is 6.42 Å². The Bertz CT molecular complexity index is 664. The van der Waals surface area contributed by atoms with Crippen molar-refractivity contribution in [1.29, 1.82) is 0 Å². The van der Waals surface area contributed by atoms with Crippen molar-refractivity contribution in [2.24, 2.45) is 0 Å². The van der Waals surface area contributed by atoms with E-state index in [2.05, 4.69) is 0 Å². The zero-order valence-electron chi connectivity index (χ0n) is 11.1. The molecule has 1 aromatic heterocycles. The molecule has 0 bridgehead atoms. The van der Waals surface area contributed by atoms with Crippen molar-refractivity contribution < 1.29 is 38.2 Å². The molecule has 8 heteroatoms. The number of carbonyl (C=O) groups excluding carboxylic acids is 1. The zero-order chi connectivity index (χ0) is 16.3. The third kappa shape index (κ3) is 4.48. The Balaban J connectivity index is 0.000000309. The normalized spacial score (nSPS) is 16.8. The zero-order valence-corrected chi connectivity index (χ0v) is 12.7. The molecular formula is C14H11Cl2NO5. The van der Waals surface area contributed by atoms with Crippen molar-refractivity contribution in [2.45, 2.75) is 12.5 Å². The second kappa shape index (κ2) is 6.70. The van der Waals surface area contributed by atoms with Gasteiger partial charge in [0.1, 0.15) is 0 Å². The van der Waals surface area contributed by atoms with Crippen molar-refractivity contribution in [1.82, 2.24) is 0 Å². The van der Waals surface area contributed by atoms with Crippen LogP contribution in [0.15, 0.2) is 48.7 Å². The lowest BCUT2D eigenvalue weighted by molar-refractivity contribution is -2.00. The van der Waals surface area contributed by atoms with Gasteiger partial charge in [-0.1, -0.05) is 23.7 Å². The highest BCUT2D eigenvalue weighted by molar-refractivity contribution is 6.30. The van der Waals surface area contributed by atoms with Crippen molar-refractivity contribution in [3.05, 3.63) is 64.9 Å². The molecule has 0 fully saturated rings. The van der Waals surface area contributed by atoms with E-state index in [9.17, 15) is 4.79 Å². The first-order chi connectivity index (χ1) is 10.3. The van der Waals surface area contributed by atoms with Crippen molar-refractivity contribution in [2.75, 3.05) is 0 Å². The molecule has 0 saturated heterocycles. The molecule has 2 heterocycles. The number of carbonyl (C=O) groups is 1. The number of fused-ring (bicyclic) bond motifs is 1. The summed E-state index contributed by atoms with van der Waals surface area (Å²) in [6.45, 7) is 0. The average molecular weight is 344 g/mol. The molecule has 1 atom stereocenters. The Labute approximate surface area is 133 Å². The molecule has 0 spiro atoms. The third-order valence-electron chi connectivity index (χ3n) is 3.15. The van der Waals surface area contributed by atoms with E-state index in [1.165, 1.54) is 0 Å². The highest BCUT2D eigenvalue weighted by Gasteiger charge is 2.37. The number of hydrogen-bond donors (Lipinski definition) is 0. The second-order valence-corrected chi connectivity index (χ2v) is 5.76. The molecule has 22 heavy (non-hydrogen) atoms. The van der Waals surface area contributed by atoms with Crippen LogP contribution in [-0.4, -0.2) is 5.78 Å². The van der Waals surface area contributed by atoms with E-state index in [0.29, 0.717) is 6.42 Å². The lowest BCUT2D eigenvalue weighted by atomic mass is 10.0. The van der Waals surface area contributed by atoms with Crippen LogP contribution in [0.1, 0.15) is 28.5 Å². The van der Waals surface area contributed by atoms with Crippen LogP contribution in [0.3, 0.4) is 0 Å². The molecule has 1 aromatic carbocycles. The van der Waals surface area contributed by atoms with Gasteiger partial charge < -0.3 is 0 Å². The molecular weight excluding hydrogens is 333 g/mol. The van der Waals surface area contributed by atoms with Crippen LogP contribution in [0, 0.1) is 10.2 Å². The van der Waals surface area contributed by atoms with E-state index in [0.717, 1.165) is 16.3 Å². The topological polar surface area (TPSA) is 113 Å². The van der Waals surface area contributed by atoms with Crippen LogP contribution in [0.5, 0.6) is 0 Å². The van der Waals surface area contributed by atoms with Crippen molar-refractivity contribution in [3.8, 4) is 0 Å². The average Bonchev–Trinajstić information content (AvgIpc) is 2.76. The predicted octanol–water partition coefficient (Wildman–Crippen LogP) is -1.95. The number of benzene rings is 1. The number of halogens is 2. The SMILES string of the molecule is O=C1CC(c2ccc(Cl)cc2)[n+]2ccccc21.[O-][Cl+3]([O-])([O-])[O-]. The highest BCUT2D eigenvalue weighted by atomic mass is 35.7. The molecule has 116 valence electrons. The third-order valence-corrected chi connectivity index (χ3v) is 3.40. The predicted molar refractivity (Wildman–Crippen MR) is 65.2 cm³/mol. The van der Waals surface area contributed by atoms with E-state index >= 15 is 0 Å².